The number of benzene rings is 2. The van der Waals surface area contributed by atoms with E-state index >= 15 is 0 Å². The van der Waals surface area contributed by atoms with Gasteiger partial charge < -0.3 is 11.5 Å². The van der Waals surface area contributed by atoms with E-state index < -0.39 is 12.1 Å². The summed E-state index contributed by atoms with van der Waals surface area (Å²) < 4.78 is 0.724. The molecule has 18 heavy (non-hydrogen) atoms. The Balaban J connectivity index is 2.42. The predicted octanol–water partition coefficient (Wildman–Crippen LogP) is 2.31. The zero-order valence-electron chi connectivity index (χ0n) is 9.37. The fraction of sp³-hybridized carbons (Fsp3) is 0. The second-order valence-corrected chi connectivity index (χ2v) is 4.53. The van der Waals surface area contributed by atoms with E-state index in [1.54, 1.807) is 6.07 Å². The minimum absolute atomic E-state index is 0.724. The van der Waals surface area contributed by atoms with Gasteiger partial charge in [-0.15, -0.1) is 0 Å². The van der Waals surface area contributed by atoms with Crippen LogP contribution in [0.3, 0.4) is 0 Å². The number of hydrogen-bond acceptors (Lipinski definition) is 3. The lowest BCUT2D eigenvalue weighted by Crippen LogP contribution is -2.38. The van der Waals surface area contributed by atoms with Gasteiger partial charge in [0.15, 0.2) is 0 Å². The van der Waals surface area contributed by atoms with Crippen LogP contribution in [0.4, 0.5) is 9.59 Å². The molecular weight excluding hydrogens is 250 g/mol. The SMILES string of the molecule is NC(=O)N(Sc1cccc2ccccc12)C(N)=O. The smallest absolute Gasteiger partial charge is 0.333 e. The molecule has 0 aliphatic heterocycles. The summed E-state index contributed by atoms with van der Waals surface area (Å²) in [6, 6.07) is 11.4. The number of amides is 4. The van der Waals surface area contributed by atoms with Gasteiger partial charge in [-0.25, -0.2) is 9.59 Å². The number of nitrogens with zero attached hydrogens (tertiary/aromatic N) is 1. The average Bonchev–Trinajstić information content (AvgIpc) is 2.35. The van der Waals surface area contributed by atoms with Crippen LogP contribution in [-0.4, -0.2) is 16.4 Å². The zero-order valence-corrected chi connectivity index (χ0v) is 10.2. The molecule has 0 atom stereocenters. The highest BCUT2D eigenvalue weighted by Gasteiger charge is 2.18. The minimum Gasteiger partial charge on any atom is -0.350 e. The van der Waals surface area contributed by atoms with Crippen LogP contribution in [-0.2, 0) is 0 Å². The first-order chi connectivity index (χ1) is 8.59. The van der Waals surface area contributed by atoms with Gasteiger partial charge in [0.1, 0.15) is 0 Å². The Morgan fingerprint density at radius 2 is 1.56 bits per heavy atom. The monoisotopic (exact) mass is 261 g/mol. The van der Waals surface area contributed by atoms with E-state index in [0.717, 1.165) is 31.9 Å². The van der Waals surface area contributed by atoms with Gasteiger partial charge in [-0.1, -0.05) is 36.4 Å². The van der Waals surface area contributed by atoms with Gasteiger partial charge in [0, 0.05) is 16.8 Å². The van der Waals surface area contributed by atoms with Crippen LogP contribution in [0.1, 0.15) is 0 Å². The van der Waals surface area contributed by atoms with E-state index in [9.17, 15) is 9.59 Å². The maximum atomic E-state index is 11.1. The maximum absolute atomic E-state index is 11.1. The van der Waals surface area contributed by atoms with Crippen LogP contribution < -0.4 is 11.5 Å². The molecular formula is C12H11N3O2S. The summed E-state index contributed by atoms with van der Waals surface area (Å²) in [6.45, 7) is 0. The molecule has 0 aliphatic carbocycles. The molecule has 4 N–H and O–H groups in total. The molecule has 5 nitrogen and oxygen atoms in total. The second kappa shape index (κ2) is 4.97. The highest BCUT2D eigenvalue weighted by molar-refractivity contribution is 7.98. The topological polar surface area (TPSA) is 89.4 Å². The van der Waals surface area contributed by atoms with Crippen molar-refractivity contribution in [1.29, 1.82) is 0 Å². The number of carbonyl (C=O) groups excluding carboxylic acids is 2. The Morgan fingerprint density at radius 1 is 0.944 bits per heavy atom. The van der Waals surface area contributed by atoms with Crippen molar-refractivity contribution in [3.8, 4) is 0 Å². The van der Waals surface area contributed by atoms with E-state index in [2.05, 4.69) is 0 Å². The van der Waals surface area contributed by atoms with Gasteiger partial charge in [-0.3, -0.25) is 0 Å². The normalized spacial score (nSPS) is 10.2. The van der Waals surface area contributed by atoms with Crippen molar-refractivity contribution >= 4 is 34.8 Å². The Bertz CT molecular complexity index is 596. The summed E-state index contributed by atoms with van der Waals surface area (Å²) in [5, 5.41) is 1.94. The molecule has 2 aromatic carbocycles. The average molecular weight is 261 g/mol. The summed E-state index contributed by atoms with van der Waals surface area (Å²) in [6.07, 6.45) is 0. The molecule has 6 heteroatoms. The van der Waals surface area contributed by atoms with Crippen molar-refractivity contribution in [2.24, 2.45) is 11.5 Å². The molecule has 0 radical (unpaired) electrons. The third-order valence-electron chi connectivity index (χ3n) is 2.34. The fourth-order valence-corrected chi connectivity index (χ4v) is 2.37. The molecule has 2 rings (SSSR count). The van der Waals surface area contributed by atoms with Crippen LogP contribution >= 0.6 is 11.9 Å². The number of fused-ring (bicyclic) bond motifs is 1. The van der Waals surface area contributed by atoms with Gasteiger partial charge in [0.2, 0.25) is 0 Å². The Labute approximate surface area is 108 Å². The molecule has 0 spiro atoms. The molecule has 0 aromatic heterocycles. The summed E-state index contributed by atoms with van der Waals surface area (Å²) in [5.41, 5.74) is 10.2. The lowest BCUT2D eigenvalue weighted by molar-refractivity contribution is 0.221. The van der Waals surface area contributed by atoms with Crippen molar-refractivity contribution in [2.75, 3.05) is 0 Å². The van der Waals surface area contributed by atoms with Crippen molar-refractivity contribution < 1.29 is 9.59 Å². The molecule has 0 saturated carbocycles. The molecule has 0 bridgehead atoms. The largest absolute Gasteiger partial charge is 0.350 e. The molecule has 0 unspecified atom stereocenters. The third kappa shape index (κ3) is 2.38. The predicted molar refractivity (Wildman–Crippen MR) is 70.8 cm³/mol. The van der Waals surface area contributed by atoms with Crippen LogP contribution in [0.15, 0.2) is 47.4 Å². The number of primary amides is 2. The van der Waals surface area contributed by atoms with Crippen molar-refractivity contribution in [2.45, 2.75) is 4.90 Å². The zero-order chi connectivity index (χ0) is 13.1. The van der Waals surface area contributed by atoms with Gasteiger partial charge >= 0.3 is 12.1 Å². The lowest BCUT2D eigenvalue weighted by atomic mass is 10.1. The Morgan fingerprint density at radius 3 is 2.22 bits per heavy atom. The van der Waals surface area contributed by atoms with E-state index in [4.69, 9.17) is 11.5 Å². The number of urea groups is 2. The first-order valence-electron chi connectivity index (χ1n) is 5.14. The Kier molecular flexibility index (Phi) is 3.38. The standard InChI is InChI=1S/C12H11N3O2S/c13-11(16)15(12(14)17)18-10-7-3-5-8-4-1-2-6-9(8)10/h1-7H,(H2,13,16)(H2,14,17). The number of nitrogens with two attached hydrogens (primary N) is 2. The number of hydrogen-bond donors (Lipinski definition) is 2. The molecule has 0 heterocycles. The summed E-state index contributed by atoms with van der Waals surface area (Å²) >= 11 is 0.919. The van der Waals surface area contributed by atoms with Gasteiger partial charge in [0.25, 0.3) is 0 Å². The molecule has 4 amide bonds. The van der Waals surface area contributed by atoms with E-state index in [0.29, 0.717) is 0 Å². The minimum atomic E-state index is -0.888. The first-order valence-corrected chi connectivity index (χ1v) is 5.91. The van der Waals surface area contributed by atoms with E-state index in [1.165, 1.54) is 0 Å². The highest BCUT2D eigenvalue weighted by atomic mass is 32.2. The second-order valence-electron chi connectivity index (χ2n) is 3.54. The molecule has 2 aromatic rings. The van der Waals surface area contributed by atoms with Crippen molar-refractivity contribution in [3.05, 3.63) is 42.5 Å². The van der Waals surface area contributed by atoms with Gasteiger partial charge in [0.05, 0.1) is 0 Å². The fourth-order valence-electron chi connectivity index (χ4n) is 1.57. The molecule has 0 saturated heterocycles. The number of rotatable bonds is 2. The van der Waals surface area contributed by atoms with Crippen LogP contribution in [0.25, 0.3) is 10.8 Å². The number of imide groups is 1. The van der Waals surface area contributed by atoms with Crippen LogP contribution in [0, 0.1) is 0 Å². The van der Waals surface area contributed by atoms with Crippen molar-refractivity contribution in [1.82, 2.24) is 4.31 Å². The third-order valence-corrected chi connectivity index (χ3v) is 3.43. The Hall–Kier alpha value is -2.21. The molecule has 92 valence electrons. The lowest BCUT2D eigenvalue weighted by Gasteiger charge is -2.15. The quantitative estimate of drug-likeness (QED) is 0.813. The summed E-state index contributed by atoms with van der Waals surface area (Å²) in [4.78, 5) is 23.0. The summed E-state index contributed by atoms with van der Waals surface area (Å²) in [5.74, 6) is 0. The molecule has 0 fully saturated rings. The van der Waals surface area contributed by atoms with Crippen molar-refractivity contribution in [3.63, 3.8) is 0 Å². The number of carbonyl (C=O) groups is 2. The van der Waals surface area contributed by atoms with Gasteiger partial charge in [-0.2, -0.15) is 4.31 Å². The van der Waals surface area contributed by atoms with E-state index in [1.807, 2.05) is 36.4 Å². The molecule has 0 aliphatic rings. The van der Waals surface area contributed by atoms with Crippen LogP contribution in [0.5, 0.6) is 0 Å². The maximum Gasteiger partial charge on any atom is 0.333 e. The highest BCUT2D eigenvalue weighted by Crippen LogP contribution is 2.29. The van der Waals surface area contributed by atoms with E-state index in [-0.39, 0.29) is 0 Å². The summed E-state index contributed by atoms with van der Waals surface area (Å²) in [7, 11) is 0. The first kappa shape index (κ1) is 12.3. The van der Waals surface area contributed by atoms with Gasteiger partial charge in [-0.05, 0) is 16.8 Å². The van der Waals surface area contributed by atoms with Crippen LogP contribution in [0.2, 0.25) is 0 Å².